The Kier molecular flexibility index (Phi) is 5.81. The van der Waals surface area contributed by atoms with Gasteiger partial charge in [-0.15, -0.1) is 11.3 Å². The van der Waals surface area contributed by atoms with Crippen LogP contribution in [0.3, 0.4) is 0 Å². The quantitative estimate of drug-likeness (QED) is 0.263. The smallest absolute Gasteiger partial charge is 0.353 e. The molecule has 4 heterocycles. The number of fused-ring (bicyclic) bond motifs is 1. The van der Waals surface area contributed by atoms with Crippen LogP contribution in [0, 0.1) is 18.8 Å². The lowest BCUT2D eigenvalue weighted by Crippen LogP contribution is -2.31. The Morgan fingerprint density at radius 2 is 2.11 bits per heavy atom. The highest BCUT2D eigenvalue weighted by atomic mass is 32.1. The third-order valence-corrected chi connectivity index (χ3v) is 6.65. The molecular weight excluding hydrogens is 462 g/mol. The molecule has 0 radical (unpaired) electrons. The average molecular weight is 484 g/mol. The van der Waals surface area contributed by atoms with Crippen molar-refractivity contribution in [1.29, 1.82) is 0 Å². The van der Waals surface area contributed by atoms with Crippen LogP contribution >= 0.6 is 11.3 Å². The molecule has 0 aliphatic carbocycles. The molecule has 8 nitrogen and oxygen atoms in total. The number of aryl methyl sites for hydroxylation is 1. The first kappa shape index (κ1) is 22.4. The number of carbonyl (C=O) groups is 2. The van der Waals surface area contributed by atoms with Gasteiger partial charge in [-0.3, -0.25) is 4.79 Å². The van der Waals surface area contributed by atoms with Crippen LogP contribution in [-0.2, 0) is 13.5 Å². The third kappa shape index (κ3) is 4.52. The van der Waals surface area contributed by atoms with Crippen LogP contribution < -0.4 is 15.8 Å². The standard InChI is InChI=1S/C26H21N5O3S/c1-15-10-22(35-14-15)25(33)34-18-5-3-4-16(11-18)6-7-17-13-29-26(27)30-23(17)21-12-19-20(31(21)2)8-9-28-24(19)32/h3-5,10-14H,8-9H2,1-2H3,(H,28,32)(H2,27,29,30). The first-order valence-corrected chi connectivity index (χ1v) is 11.8. The maximum absolute atomic E-state index is 12.4. The van der Waals surface area contributed by atoms with Crippen molar-refractivity contribution < 1.29 is 14.3 Å². The Labute approximate surface area is 205 Å². The molecule has 0 saturated heterocycles. The van der Waals surface area contributed by atoms with Crippen molar-refractivity contribution in [3.63, 3.8) is 0 Å². The van der Waals surface area contributed by atoms with Crippen molar-refractivity contribution in [3.05, 3.63) is 80.8 Å². The van der Waals surface area contributed by atoms with Gasteiger partial charge in [0, 0.05) is 37.5 Å². The van der Waals surface area contributed by atoms with Crippen LogP contribution in [0.2, 0.25) is 0 Å². The van der Waals surface area contributed by atoms with Crippen molar-refractivity contribution in [2.75, 3.05) is 12.3 Å². The van der Waals surface area contributed by atoms with Gasteiger partial charge in [0.2, 0.25) is 5.95 Å². The van der Waals surface area contributed by atoms with Gasteiger partial charge in [0.15, 0.2) is 0 Å². The van der Waals surface area contributed by atoms with Crippen LogP contribution in [0.15, 0.2) is 48.0 Å². The molecule has 0 unspecified atom stereocenters. The summed E-state index contributed by atoms with van der Waals surface area (Å²) in [4.78, 5) is 33.8. The van der Waals surface area contributed by atoms with Gasteiger partial charge in [0.25, 0.3) is 5.91 Å². The lowest BCUT2D eigenvalue weighted by Gasteiger charge is -2.14. The van der Waals surface area contributed by atoms with Gasteiger partial charge in [-0.05, 0) is 48.2 Å². The number of esters is 1. The number of benzene rings is 1. The number of aromatic nitrogens is 3. The number of nitrogens with two attached hydrogens (primary N) is 1. The fourth-order valence-corrected chi connectivity index (χ4v) is 4.69. The molecule has 3 aromatic heterocycles. The SMILES string of the molecule is Cc1csc(C(=O)Oc2cccc(C#Cc3cnc(N)nc3-c3cc4c(n3C)CCNC4=O)c2)c1. The van der Waals surface area contributed by atoms with Gasteiger partial charge in [-0.1, -0.05) is 17.9 Å². The van der Waals surface area contributed by atoms with Gasteiger partial charge < -0.3 is 20.4 Å². The van der Waals surface area contributed by atoms with Gasteiger partial charge in [-0.25, -0.2) is 14.8 Å². The minimum absolute atomic E-state index is 0.105. The molecule has 1 aliphatic rings. The zero-order valence-electron chi connectivity index (χ0n) is 19.1. The van der Waals surface area contributed by atoms with E-state index in [0.29, 0.717) is 39.6 Å². The largest absolute Gasteiger partial charge is 0.422 e. The summed E-state index contributed by atoms with van der Waals surface area (Å²) in [6, 6.07) is 10.6. The number of rotatable bonds is 3. The van der Waals surface area contributed by atoms with Crippen molar-refractivity contribution in [2.24, 2.45) is 7.05 Å². The molecule has 1 aromatic carbocycles. The molecule has 1 aliphatic heterocycles. The maximum Gasteiger partial charge on any atom is 0.353 e. The van der Waals surface area contributed by atoms with Crippen molar-refractivity contribution in [1.82, 2.24) is 19.9 Å². The van der Waals surface area contributed by atoms with Crippen LogP contribution in [0.4, 0.5) is 5.95 Å². The number of hydrogen-bond acceptors (Lipinski definition) is 7. The number of thiophene rings is 1. The van der Waals surface area contributed by atoms with E-state index in [1.807, 2.05) is 36.1 Å². The number of anilines is 1. The molecule has 0 saturated carbocycles. The van der Waals surface area contributed by atoms with Gasteiger partial charge in [0.1, 0.15) is 16.3 Å². The minimum atomic E-state index is -0.404. The predicted octanol–water partition coefficient (Wildman–Crippen LogP) is 3.34. The molecule has 9 heteroatoms. The Morgan fingerprint density at radius 1 is 1.26 bits per heavy atom. The lowest BCUT2D eigenvalue weighted by molar-refractivity contribution is 0.0739. The highest BCUT2D eigenvalue weighted by molar-refractivity contribution is 7.12. The third-order valence-electron chi connectivity index (χ3n) is 5.62. The topological polar surface area (TPSA) is 112 Å². The summed E-state index contributed by atoms with van der Waals surface area (Å²) in [6.07, 6.45) is 2.30. The summed E-state index contributed by atoms with van der Waals surface area (Å²) < 4.78 is 7.46. The number of nitrogens with zero attached hydrogens (tertiary/aromatic N) is 3. The van der Waals surface area contributed by atoms with E-state index >= 15 is 0 Å². The molecule has 4 aromatic rings. The summed E-state index contributed by atoms with van der Waals surface area (Å²) in [6.45, 7) is 2.52. The second-order valence-corrected chi connectivity index (χ2v) is 9.01. The Hall–Kier alpha value is -4.42. The molecule has 35 heavy (non-hydrogen) atoms. The minimum Gasteiger partial charge on any atom is -0.422 e. The molecule has 0 atom stereocenters. The summed E-state index contributed by atoms with van der Waals surface area (Å²) >= 11 is 1.35. The second kappa shape index (κ2) is 9.08. The highest BCUT2D eigenvalue weighted by Gasteiger charge is 2.24. The van der Waals surface area contributed by atoms with Crippen LogP contribution in [0.25, 0.3) is 11.4 Å². The summed E-state index contributed by atoms with van der Waals surface area (Å²) in [5.41, 5.74) is 11.0. The van der Waals surface area contributed by atoms with E-state index in [0.717, 1.165) is 23.4 Å². The fraction of sp³-hybridized carbons (Fsp3) is 0.154. The average Bonchev–Trinajstić information content (AvgIpc) is 3.43. The van der Waals surface area contributed by atoms with Gasteiger partial charge in [-0.2, -0.15) is 0 Å². The van der Waals surface area contributed by atoms with Gasteiger partial charge in [0.05, 0.1) is 16.8 Å². The zero-order chi connectivity index (χ0) is 24.5. The van der Waals surface area contributed by atoms with Gasteiger partial charge >= 0.3 is 5.97 Å². The second-order valence-electron chi connectivity index (χ2n) is 8.10. The normalized spacial score (nSPS) is 12.3. The Morgan fingerprint density at radius 3 is 2.89 bits per heavy atom. The van der Waals surface area contributed by atoms with E-state index in [2.05, 4.69) is 27.1 Å². The Balaban J connectivity index is 1.46. The predicted molar refractivity (Wildman–Crippen MR) is 133 cm³/mol. The van der Waals surface area contributed by atoms with E-state index in [4.69, 9.17) is 10.5 Å². The first-order valence-electron chi connectivity index (χ1n) is 10.9. The maximum atomic E-state index is 12.4. The fourth-order valence-electron chi connectivity index (χ4n) is 3.91. The first-order chi connectivity index (χ1) is 16.9. The van der Waals surface area contributed by atoms with Crippen molar-refractivity contribution >= 4 is 29.2 Å². The molecule has 3 N–H and O–H groups in total. The lowest BCUT2D eigenvalue weighted by atomic mass is 10.1. The van der Waals surface area contributed by atoms with E-state index in [-0.39, 0.29) is 11.9 Å². The number of nitrogen functional groups attached to an aromatic ring is 1. The molecule has 5 rings (SSSR count). The van der Waals surface area contributed by atoms with E-state index in [9.17, 15) is 9.59 Å². The number of ether oxygens (including phenoxy) is 1. The van der Waals surface area contributed by atoms with E-state index < -0.39 is 5.97 Å². The molecule has 174 valence electrons. The van der Waals surface area contributed by atoms with Crippen LogP contribution in [-0.4, -0.2) is 33.0 Å². The summed E-state index contributed by atoms with van der Waals surface area (Å²) in [5.74, 6) is 6.21. The van der Waals surface area contributed by atoms with E-state index in [1.165, 1.54) is 11.3 Å². The monoisotopic (exact) mass is 483 g/mol. The summed E-state index contributed by atoms with van der Waals surface area (Å²) in [5, 5.41) is 4.76. The summed E-state index contributed by atoms with van der Waals surface area (Å²) in [7, 11) is 1.90. The van der Waals surface area contributed by atoms with E-state index in [1.54, 1.807) is 30.5 Å². The number of amides is 1. The molecule has 0 spiro atoms. The number of hydrogen-bond donors (Lipinski definition) is 2. The number of nitrogens with one attached hydrogen (secondary N) is 1. The molecule has 1 amide bonds. The molecule has 0 fully saturated rings. The highest BCUT2D eigenvalue weighted by Crippen LogP contribution is 2.28. The van der Waals surface area contributed by atoms with Crippen molar-refractivity contribution in [3.8, 4) is 29.0 Å². The van der Waals surface area contributed by atoms with Crippen LogP contribution in [0.1, 0.15) is 42.4 Å². The number of carbonyl (C=O) groups excluding carboxylic acids is 2. The molecular formula is C26H21N5O3S. The Bertz CT molecular complexity index is 1540. The van der Waals surface area contributed by atoms with Crippen molar-refractivity contribution in [2.45, 2.75) is 13.3 Å². The zero-order valence-corrected chi connectivity index (χ0v) is 19.9. The van der Waals surface area contributed by atoms with Crippen LogP contribution in [0.5, 0.6) is 5.75 Å². The molecule has 0 bridgehead atoms.